The second kappa shape index (κ2) is 37.5. The molecule has 2 aliphatic heterocycles. The third-order valence-electron chi connectivity index (χ3n) is 43.3. The van der Waals surface area contributed by atoms with Gasteiger partial charge in [0.1, 0.15) is 23.4 Å². The molecule has 17 N–H and O–H groups in total. The Morgan fingerprint density at radius 2 is 0.822 bits per heavy atom. The smallest absolute Gasteiger partial charge is 0.305 e. The Kier molecular flexibility index (Phi) is 30.0. The summed E-state index contributed by atoms with van der Waals surface area (Å²) >= 11 is 11.8. The number of nitrogens with two attached hydrogens (primary N) is 5. The first-order valence-corrected chi connectivity index (χ1v) is 64.0. The van der Waals surface area contributed by atoms with E-state index in [9.17, 15) is 29.1 Å². The molecule has 758 valence electrons. The number of halogens is 4. The number of ketones is 1. The molecule has 22 nitrogen and oxygen atoms in total. The van der Waals surface area contributed by atoms with Gasteiger partial charge in [0, 0.05) is 105 Å². The number of H-pyrrole nitrogens is 5. The van der Waals surface area contributed by atoms with E-state index in [1.165, 1.54) is 72.3 Å². The summed E-state index contributed by atoms with van der Waals surface area (Å²) in [5, 5.41) is 47.1. The van der Waals surface area contributed by atoms with Crippen molar-refractivity contribution in [2.45, 2.75) is 388 Å². The first-order valence-electron chi connectivity index (χ1n) is 51.0. The Morgan fingerprint density at radius 3 is 1.18 bits per heavy atom. The number of carbonyl (C=O) groups is 4. The fraction of sp³-hybridized carbons (Fsp3) is 0.798. The zero-order valence-corrected chi connectivity index (χ0v) is 92.0. The van der Waals surface area contributed by atoms with Gasteiger partial charge in [0.2, 0.25) is 5.24 Å². The van der Waals surface area contributed by atoms with Gasteiger partial charge in [-0.2, -0.15) is 15.3 Å². The Labute approximate surface area is 843 Å². The maximum atomic E-state index is 14.4. The number of nitrogens with zero attached hydrogens (tertiary/aromatic N) is 3. The van der Waals surface area contributed by atoms with E-state index >= 15 is 0 Å². The van der Waals surface area contributed by atoms with Crippen molar-refractivity contribution in [2.75, 3.05) is 43.6 Å². The number of aromatic nitrogens is 8. The van der Waals surface area contributed by atoms with Gasteiger partial charge in [-0.05, 0) is 317 Å². The van der Waals surface area contributed by atoms with E-state index < -0.39 is 11.3 Å². The number of esters is 2. The van der Waals surface area contributed by atoms with E-state index in [0.29, 0.717) is 105 Å². The van der Waals surface area contributed by atoms with Crippen LogP contribution in [0.3, 0.4) is 0 Å². The Bertz CT molecular complexity index is 5260. The molecule has 6 heterocycles. The van der Waals surface area contributed by atoms with Crippen LogP contribution in [0.25, 0.3) is 0 Å². The van der Waals surface area contributed by atoms with E-state index in [-0.39, 0.29) is 160 Å². The number of hydrogen-bond acceptors (Lipinski definition) is 17. The van der Waals surface area contributed by atoms with Crippen LogP contribution in [-0.2, 0) is 76.0 Å². The number of rotatable bonds is 6. The van der Waals surface area contributed by atoms with Crippen LogP contribution < -0.4 is 47.7 Å². The van der Waals surface area contributed by atoms with Gasteiger partial charge in [-0.25, -0.2) is 0 Å². The zero-order chi connectivity index (χ0) is 97.4. The zero-order valence-electron chi connectivity index (χ0n) is 84.7. The van der Waals surface area contributed by atoms with E-state index in [0.717, 1.165) is 153 Å². The van der Waals surface area contributed by atoms with Gasteiger partial charge in [-0.1, -0.05) is 195 Å². The molecule has 21 rings (SSSR count). The summed E-state index contributed by atoms with van der Waals surface area (Å²) in [6.07, 6.45) is 39.7. The molecule has 2 saturated heterocycles. The third-order valence-corrected chi connectivity index (χ3v) is 43.7. The van der Waals surface area contributed by atoms with Gasteiger partial charge in [0.05, 0.1) is 18.6 Å². The molecule has 9 saturated carbocycles. The number of allylic oxidation sites excluding steroid dienone is 6. The molecule has 0 radical (unpaired) electrons. The van der Waals surface area contributed by atoms with E-state index in [4.69, 9.17) is 38.6 Å². The number of cyclic esters (lactones) is 2. The molecule has 135 heavy (non-hydrogen) atoms. The minimum Gasteiger partial charge on any atom is -0.466 e. The summed E-state index contributed by atoms with van der Waals surface area (Å²) in [5.74, 6) is 13.7. The van der Waals surface area contributed by atoms with Crippen molar-refractivity contribution in [1.29, 1.82) is 0 Å². The molecule has 26 heteroatoms. The van der Waals surface area contributed by atoms with Crippen LogP contribution in [0.15, 0.2) is 39.7 Å². The number of carbonyl (C=O) groups excluding carboxylic acids is 4. The molecule has 0 aromatic carbocycles. The summed E-state index contributed by atoms with van der Waals surface area (Å²) in [6.45, 7) is 55.1. The number of fused-ring (bicyclic) bond motifs is 24. The number of nitrogens with one attached hydrogen (secondary N) is 5. The Hall–Kier alpha value is -4.14. The maximum absolute atomic E-state index is 14.4. The molecule has 15 aliphatic carbocycles. The molecule has 0 spiro atoms. The van der Waals surface area contributed by atoms with Crippen molar-refractivity contribution < 1.29 is 52.1 Å². The molecular weight excluding hydrogens is 2050 g/mol. The SMILES string of the molecule is C.C.CC1(C)CC[C@]2(C(=O)C3CCOC3=O)CC[C@]3(C)C(=CCC4[C@@]5(C)Cc6c(N)n[nH]c6C(C)(C)C5CC[C@]43C)C2C1.CC1(C)CC[C@]2(C(=O)Cl)CC[C@]3(C)C(=CCC4[C@@]5(C)Cc6c(N)n[nH]c6C(C)(C)C5CC[C@]43C)C2C1.CC1(C)CC[C@]2(c3[nH][nH]c(=O)c3CCO)CC[C@]3(C)C(=CCC4[C@@]5(C)Cc6c(N)n[nH]c6C(C)(C)C5CC[C@]43C)C2C1.CCO.I[I-]I.NN.O=C1CCCO1. The molecule has 0 bridgehead atoms. The van der Waals surface area contributed by atoms with Crippen molar-refractivity contribution in [3.8, 4) is 0 Å². The van der Waals surface area contributed by atoms with Crippen LogP contribution in [0.5, 0.6) is 0 Å². The van der Waals surface area contributed by atoms with Crippen molar-refractivity contribution >= 4 is 89.3 Å². The standard InChI is InChI=1S/C35H53N5O2.C35H51N3O3.C31H46ClN3O.C4H6O2.C2H6O.2CH4.I3.H4N2/c1-30(2)13-15-35(27-20(11-17-41)29(42)40-38-27)16-14-33(6)22(23(35)19-30)8-9-25-32(5)18-21-26(37-39-28(21)36)31(3,4)24(32)10-12-34(25,33)7;1-30(2)13-15-35(27(39)20-11-17-41-29(20)40)16-14-33(6)22(23(35)19-30)8-9-25-32(5)18-21-26(37-38-28(21)36)31(3,4)24(32)10-12-34(25,33)7;1-26(2)12-14-31(25(32)36)15-13-29(6)19(20(31)17-26)8-9-22-28(5)16-18-23(34-35-24(18)33)27(3,4)21(28)10-11-30(22,29)7;5-4-2-1-3-6-4;1-2-3;;;1-3-2;1-2/h8,23-25,41H,9-19H2,1-7H3,(H3,36,37,39)(H2,38,40,42);8,20,23-25H,9-19H2,1-7H3,(H3,36,37,38);8,20-22H,9-17H2,1-7H3,(H3,33,34,35);1-3H2;3H,2H2,1H3;2*1H4;;1-2H2/q;;;;;;;-1;/t23?,24?,25?,32-,33+,34+,35-;20?,23?,24?,25?,32-,33+,34+,35-;20?,21?,22?,28-,29+,30+,31-;;;;;;/m000....../s1. The van der Waals surface area contributed by atoms with Crippen LogP contribution >= 0.6 is 48.8 Å². The summed E-state index contributed by atoms with van der Waals surface area (Å²) in [7, 11) is 0. The molecule has 22 atom stereocenters. The summed E-state index contributed by atoms with van der Waals surface area (Å²) in [6, 6.07) is 0. The number of hydrogen-bond donors (Lipinski definition) is 12. The number of aromatic amines is 5. The molecular formula is C109H174ClI3N13O9-. The van der Waals surface area contributed by atoms with Crippen LogP contribution in [0.2, 0.25) is 0 Å². The monoisotopic (exact) mass is 2230 g/mol. The number of anilines is 3. The largest absolute Gasteiger partial charge is 0.466 e. The molecule has 4 aromatic heterocycles. The second-order valence-electron chi connectivity index (χ2n) is 51.4. The van der Waals surface area contributed by atoms with Crippen LogP contribution in [0.1, 0.15) is 386 Å². The number of Topliss-reactive ketones (excluding diaryl/α,β-unsaturated/α-hetero) is 1. The van der Waals surface area contributed by atoms with E-state index in [2.05, 4.69) is 258 Å². The predicted molar refractivity (Wildman–Crippen MR) is 556 cm³/mol. The van der Waals surface area contributed by atoms with Crippen molar-refractivity contribution in [1.82, 2.24) is 40.8 Å². The average Bonchev–Trinajstić information content (AvgIpc) is 1.66. The Balaban J connectivity index is 0.000000159. The van der Waals surface area contributed by atoms with E-state index in [1.807, 2.05) is 0 Å². The van der Waals surface area contributed by atoms with Gasteiger partial charge in [-0.3, -0.25) is 56.1 Å². The van der Waals surface area contributed by atoms with Crippen molar-refractivity contribution in [3.05, 3.63) is 90.3 Å². The normalized spacial score (nSPS) is 40.4. The third kappa shape index (κ3) is 16.4. The minimum absolute atomic E-state index is 0. The van der Waals surface area contributed by atoms with Crippen molar-refractivity contribution in [3.63, 3.8) is 0 Å². The minimum atomic E-state index is -0.566. The van der Waals surface area contributed by atoms with Gasteiger partial charge in [0.25, 0.3) is 5.56 Å². The number of aliphatic hydroxyl groups excluding tert-OH is 2. The predicted octanol–water partition coefficient (Wildman–Crippen LogP) is 20.0. The molecule has 0 amide bonds. The summed E-state index contributed by atoms with van der Waals surface area (Å²) in [5.41, 5.74) is 34.6. The topological polar surface area (TPSA) is 392 Å². The summed E-state index contributed by atoms with van der Waals surface area (Å²) in [4.78, 5) is 63.1. The first-order chi connectivity index (χ1) is 62.1. The van der Waals surface area contributed by atoms with E-state index in [1.54, 1.807) is 23.6 Å². The fourth-order valence-electron chi connectivity index (χ4n) is 36.0. The number of ether oxygens (including phenoxy) is 2. The van der Waals surface area contributed by atoms with Crippen molar-refractivity contribution in [2.24, 2.45) is 147 Å². The van der Waals surface area contributed by atoms with Gasteiger partial charge >= 0.3 is 62.4 Å². The molecule has 10 unspecified atom stereocenters. The number of aliphatic hydroxyl groups is 2. The maximum Gasteiger partial charge on any atom is 0.305 e. The van der Waals surface area contributed by atoms with Gasteiger partial charge in [-0.15, -0.1) is 0 Å². The van der Waals surface area contributed by atoms with Gasteiger partial charge < -0.3 is 42.0 Å². The second-order valence-corrected chi connectivity index (χ2v) is 68.0. The van der Waals surface area contributed by atoms with Crippen LogP contribution in [0.4, 0.5) is 17.5 Å². The molecule has 17 aliphatic rings. The number of hydrazine groups is 1. The average molecular weight is 2230 g/mol. The van der Waals surface area contributed by atoms with Gasteiger partial charge in [0.15, 0.2) is 5.78 Å². The van der Waals surface area contributed by atoms with Crippen LogP contribution in [0, 0.1) is 135 Å². The molecule has 4 aromatic rings. The quantitative estimate of drug-likeness (QED) is 0.0162. The molecule has 11 fully saturated rings. The van der Waals surface area contributed by atoms with Crippen LogP contribution in [-0.4, -0.2) is 100 Å². The Morgan fingerprint density at radius 1 is 0.474 bits per heavy atom. The summed E-state index contributed by atoms with van der Waals surface area (Å²) < 4.78 is 9.84. The first kappa shape index (κ1) is 108. The fourth-order valence-corrected chi connectivity index (χ4v) is 36.3. The number of nitrogen functional groups attached to an aromatic ring is 3.